The lowest BCUT2D eigenvalue weighted by Gasteiger charge is -2.48. The molecule has 2 aliphatic heterocycles. The minimum absolute atomic E-state index is 0. The van der Waals surface area contributed by atoms with Crippen LogP contribution in [0.15, 0.2) is 71.5 Å². The first kappa shape index (κ1) is 20.5. The van der Waals surface area contributed by atoms with E-state index in [0.29, 0.717) is 6.54 Å². The Bertz CT molecular complexity index is 859. The summed E-state index contributed by atoms with van der Waals surface area (Å²) in [7, 11) is 0. The third-order valence-corrected chi connectivity index (χ3v) is 5.06. The normalized spacial score (nSPS) is 22.1. The molecule has 0 fully saturated rings. The van der Waals surface area contributed by atoms with E-state index in [9.17, 15) is 9.50 Å². The zero-order valence-corrected chi connectivity index (χ0v) is 16.7. The molecule has 2 heterocycles. The average molecular weight is 406 g/mol. The average Bonchev–Trinajstić information content (AvgIpc) is 2.65. The molecule has 0 radical (unpaired) electrons. The van der Waals surface area contributed by atoms with Gasteiger partial charge in [-0.1, -0.05) is 18.2 Å². The molecule has 0 saturated heterocycles. The maximum Gasteiger partial charge on any atom is 0.163 e. The number of nitrogens with one attached hydrogen (secondary N) is 2. The van der Waals surface area contributed by atoms with Crippen LogP contribution in [0.25, 0.3) is 0 Å². The number of allylic oxidation sites excluding steroid dienone is 5. The summed E-state index contributed by atoms with van der Waals surface area (Å²) < 4.78 is 18.7. The van der Waals surface area contributed by atoms with Crippen LogP contribution < -0.4 is 10.7 Å². The van der Waals surface area contributed by atoms with Crippen LogP contribution in [-0.4, -0.2) is 28.4 Å². The second kappa shape index (κ2) is 7.99. The maximum absolute atomic E-state index is 13.1. The van der Waals surface area contributed by atoms with Gasteiger partial charge in [-0.2, -0.15) is 0 Å². The van der Waals surface area contributed by atoms with Crippen LogP contribution in [0.5, 0.6) is 0 Å². The largest absolute Gasteiger partial charge is 0.465 e. The summed E-state index contributed by atoms with van der Waals surface area (Å²) in [6, 6.07) is 6.49. The Balaban J connectivity index is 0.00000225. The van der Waals surface area contributed by atoms with E-state index >= 15 is 0 Å². The van der Waals surface area contributed by atoms with Gasteiger partial charge in [0.1, 0.15) is 11.6 Å². The van der Waals surface area contributed by atoms with Gasteiger partial charge in [0.05, 0.1) is 17.5 Å². The molecule has 4 rings (SSSR count). The van der Waals surface area contributed by atoms with Gasteiger partial charge in [-0.25, -0.2) is 9.82 Å². The number of hydrazine groups is 1. The second-order valence-electron chi connectivity index (χ2n) is 7.56. The van der Waals surface area contributed by atoms with Crippen molar-refractivity contribution in [2.24, 2.45) is 0 Å². The lowest BCUT2D eigenvalue weighted by molar-refractivity contribution is -0.0690. The molecule has 1 aromatic rings. The molecule has 3 aliphatic rings. The van der Waals surface area contributed by atoms with E-state index < -0.39 is 11.8 Å². The van der Waals surface area contributed by atoms with Gasteiger partial charge in [0.25, 0.3) is 0 Å². The van der Waals surface area contributed by atoms with Gasteiger partial charge < -0.3 is 15.2 Å². The predicted octanol–water partition coefficient (Wildman–Crippen LogP) is 3.27. The number of fused-ring (bicyclic) bond motifs is 1. The fraction of sp³-hybridized carbons (Fsp3) is 0.333. The Hall–Kier alpha value is -2.28. The summed E-state index contributed by atoms with van der Waals surface area (Å²) in [5, 5.41) is 16.2. The topological polar surface area (TPSA) is 56.8 Å². The second-order valence-corrected chi connectivity index (χ2v) is 7.56. The third kappa shape index (κ3) is 3.94. The maximum atomic E-state index is 13.1. The van der Waals surface area contributed by atoms with Crippen LogP contribution >= 0.6 is 12.4 Å². The number of ether oxygens (including phenoxy) is 1. The predicted molar refractivity (Wildman–Crippen MR) is 108 cm³/mol. The van der Waals surface area contributed by atoms with Crippen molar-refractivity contribution in [1.29, 1.82) is 0 Å². The lowest BCUT2D eigenvalue weighted by atomic mass is 9.91. The van der Waals surface area contributed by atoms with Gasteiger partial charge >= 0.3 is 0 Å². The summed E-state index contributed by atoms with van der Waals surface area (Å²) in [6.07, 6.45) is 8.23. The van der Waals surface area contributed by atoms with Crippen LogP contribution in [0.1, 0.15) is 25.8 Å². The van der Waals surface area contributed by atoms with Crippen LogP contribution in [0.4, 0.5) is 4.39 Å². The summed E-state index contributed by atoms with van der Waals surface area (Å²) in [5.74, 6) is 0.565. The van der Waals surface area contributed by atoms with Gasteiger partial charge in [-0.05, 0) is 44.0 Å². The summed E-state index contributed by atoms with van der Waals surface area (Å²) >= 11 is 0. The molecule has 0 saturated carbocycles. The summed E-state index contributed by atoms with van der Waals surface area (Å²) in [4.78, 5) is 0. The Kier molecular flexibility index (Phi) is 5.84. The quantitative estimate of drug-likeness (QED) is 0.717. The highest BCUT2D eigenvalue weighted by Gasteiger charge is 2.41. The number of hydrogen-bond donors (Lipinski definition) is 3. The molecule has 7 heteroatoms. The fourth-order valence-electron chi connectivity index (χ4n) is 3.57. The Morgan fingerprint density at radius 3 is 2.82 bits per heavy atom. The molecule has 0 spiro atoms. The van der Waals surface area contributed by atoms with Crippen molar-refractivity contribution in [3.8, 4) is 0 Å². The van der Waals surface area contributed by atoms with E-state index in [1.54, 1.807) is 23.4 Å². The minimum atomic E-state index is -0.758. The van der Waals surface area contributed by atoms with E-state index in [1.807, 2.05) is 32.1 Å². The third-order valence-electron chi connectivity index (χ3n) is 5.06. The van der Waals surface area contributed by atoms with Crippen molar-refractivity contribution in [3.05, 3.63) is 82.9 Å². The highest BCUT2D eigenvalue weighted by molar-refractivity contribution is 5.85. The van der Waals surface area contributed by atoms with Crippen molar-refractivity contribution < 1.29 is 14.2 Å². The highest BCUT2D eigenvalue weighted by atomic mass is 35.5. The van der Waals surface area contributed by atoms with Crippen LogP contribution in [0.3, 0.4) is 0 Å². The number of nitrogens with zero attached hydrogens (tertiary/aromatic N) is 1. The molecule has 0 bridgehead atoms. The van der Waals surface area contributed by atoms with Gasteiger partial charge in [0, 0.05) is 30.3 Å². The molecule has 28 heavy (non-hydrogen) atoms. The molecular weight excluding hydrogens is 381 g/mol. The zero-order chi connectivity index (χ0) is 19.0. The minimum Gasteiger partial charge on any atom is -0.465 e. The van der Waals surface area contributed by atoms with Crippen LogP contribution in [-0.2, 0) is 11.2 Å². The molecular formula is C21H25ClFN3O2. The van der Waals surface area contributed by atoms with Gasteiger partial charge in [0.15, 0.2) is 6.23 Å². The number of benzene rings is 1. The van der Waals surface area contributed by atoms with E-state index in [-0.39, 0.29) is 18.2 Å². The first-order valence-electron chi connectivity index (χ1n) is 9.15. The smallest absolute Gasteiger partial charge is 0.163 e. The van der Waals surface area contributed by atoms with E-state index in [2.05, 4.69) is 10.7 Å². The molecule has 1 aromatic carbocycles. The van der Waals surface area contributed by atoms with Crippen molar-refractivity contribution in [1.82, 2.24) is 15.8 Å². The number of halogens is 2. The number of aliphatic hydroxyl groups is 1. The van der Waals surface area contributed by atoms with Crippen molar-refractivity contribution in [2.75, 3.05) is 6.54 Å². The van der Waals surface area contributed by atoms with Gasteiger partial charge in [-0.3, -0.25) is 5.01 Å². The number of aliphatic hydroxyl groups excluding tert-OH is 1. The van der Waals surface area contributed by atoms with Crippen molar-refractivity contribution in [3.63, 3.8) is 0 Å². The van der Waals surface area contributed by atoms with E-state index in [1.165, 1.54) is 12.1 Å². The summed E-state index contributed by atoms with van der Waals surface area (Å²) in [6.45, 7) is 4.56. The first-order valence-corrected chi connectivity index (χ1v) is 9.15. The highest BCUT2D eigenvalue weighted by Crippen LogP contribution is 2.36. The van der Waals surface area contributed by atoms with Crippen LogP contribution in [0, 0.1) is 5.82 Å². The van der Waals surface area contributed by atoms with Gasteiger partial charge in [0.2, 0.25) is 0 Å². The standard InChI is InChI=1S/C21H24FN3O2.ClH/c1-21(2)20(26)25(23-10-9-14-5-7-16(22)8-6-14)18-13-19-15(4-3-11-27-19)12-17(18)24-21;/h3-8,11,13,20,23-24,26H,9-10,12H2,1-2H3;1H/t20-;/m1./s1. The number of hydrogen-bond acceptors (Lipinski definition) is 5. The zero-order valence-electron chi connectivity index (χ0n) is 15.9. The van der Waals surface area contributed by atoms with Crippen LogP contribution in [0.2, 0.25) is 0 Å². The Morgan fingerprint density at radius 2 is 2.07 bits per heavy atom. The molecule has 1 aliphatic carbocycles. The summed E-state index contributed by atoms with van der Waals surface area (Å²) in [5.41, 5.74) is 6.90. The fourth-order valence-corrected chi connectivity index (χ4v) is 3.57. The molecule has 150 valence electrons. The van der Waals surface area contributed by atoms with Crippen molar-refractivity contribution in [2.45, 2.75) is 38.5 Å². The monoisotopic (exact) mass is 405 g/mol. The van der Waals surface area contributed by atoms with E-state index in [0.717, 1.165) is 41.1 Å². The SMILES string of the molecule is CC1(C)NC2=C(C=C3OC=CC=C3C2)N(NCCc2ccc(F)cc2)[C@@H]1O.Cl. The number of rotatable bonds is 4. The molecule has 0 amide bonds. The first-order chi connectivity index (χ1) is 12.9. The molecule has 3 N–H and O–H groups in total. The molecule has 0 aromatic heterocycles. The van der Waals surface area contributed by atoms with Crippen molar-refractivity contribution >= 4 is 12.4 Å². The lowest BCUT2D eigenvalue weighted by Crippen LogP contribution is -2.64. The Morgan fingerprint density at radius 1 is 1.32 bits per heavy atom. The molecule has 5 nitrogen and oxygen atoms in total. The molecule has 0 unspecified atom stereocenters. The molecule has 1 atom stereocenters. The van der Waals surface area contributed by atoms with Gasteiger partial charge in [-0.15, -0.1) is 12.4 Å². The van der Waals surface area contributed by atoms with E-state index in [4.69, 9.17) is 4.74 Å². The Labute approximate surface area is 170 Å².